The van der Waals surface area contributed by atoms with Gasteiger partial charge in [-0.1, -0.05) is 13.2 Å². The van der Waals surface area contributed by atoms with E-state index in [0.29, 0.717) is 6.61 Å². The fourth-order valence-corrected chi connectivity index (χ4v) is 0.885. The third-order valence-corrected chi connectivity index (χ3v) is 1.94. The van der Waals surface area contributed by atoms with Crippen LogP contribution in [0, 0.1) is 0 Å². The van der Waals surface area contributed by atoms with Crippen molar-refractivity contribution in [1.29, 1.82) is 0 Å². The fourth-order valence-electron chi connectivity index (χ4n) is 0.885. The lowest BCUT2D eigenvalue weighted by atomic mass is 10.1. The average Bonchev–Trinajstić information content (AvgIpc) is 3.07. The molecule has 1 aliphatic heterocycles. The molecule has 16 heavy (non-hydrogen) atoms. The van der Waals surface area contributed by atoms with Crippen molar-refractivity contribution in [3.8, 4) is 0 Å². The van der Waals surface area contributed by atoms with Gasteiger partial charge in [-0.15, -0.1) is 0 Å². The molecule has 1 rings (SSSR count). The number of ether oxygens (including phenoxy) is 3. The van der Waals surface area contributed by atoms with Crippen LogP contribution in [0.3, 0.4) is 0 Å². The molecule has 0 aromatic heterocycles. The van der Waals surface area contributed by atoms with Gasteiger partial charge in [0.15, 0.2) is 0 Å². The van der Waals surface area contributed by atoms with Gasteiger partial charge in [0, 0.05) is 0 Å². The molecule has 0 aliphatic carbocycles. The number of carbonyl (C=O) groups excluding carboxylic acids is 2. The van der Waals surface area contributed by atoms with Crippen molar-refractivity contribution in [2.24, 2.45) is 0 Å². The van der Waals surface area contributed by atoms with E-state index in [-0.39, 0.29) is 30.5 Å². The van der Waals surface area contributed by atoms with Crippen LogP contribution in [-0.2, 0) is 23.8 Å². The van der Waals surface area contributed by atoms with Gasteiger partial charge >= 0.3 is 11.9 Å². The van der Waals surface area contributed by atoms with Crippen LogP contribution in [0.2, 0.25) is 0 Å². The molecule has 1 heterocycles. The molecular weight excluding hydrogens is 212 g/mol. The first-order valence-electron chi connectivity index (χ1n) is 4.90. The molecule has 1 unspecified atom stereocenters. The van der Waals surface area contributed by atoms with Crippen LogP contribution >= 0.6 is 0 Å². The quantitative estimate of drug-likeness (QED) is 0.287. The van der Waals surface area contributed by atoms with Crippen LogP contribution in [0.4, 0.5) is 0 Å². The smallest absolute Gasteiger partial charge is 0.338 e. The van der Waals surface area contributed by atoms with Crippen LogP contribution in [0.1, 0.15) is 6.92 Å². The zero-order valence-corrected chi connectivity index (χ0v) is 9.15. The van der Waals surface area contributed by atoms with Crippen LogP contribution in [-0.4, -0.2) is 37.9 Å². The van der Waals surface area contributed by atoms with Gasteiger partial charge in [0.05, 0.1) is 24.4 Å². The minimum atomic E-state index is -0.673. The number of esters is 2. The molecule has 1 fully saturated rings. The van der Waals surface area contributed by atoms with Gasteiger partial charge < -0.3 is 14.2 Å². The van der Waals surface area contributed by atoms with Crippen molar-refractivity contribution in [3.05, 3.63) is 24.3 Å². The van der Waals surface area contributed by atoms with Gasteiger partial charge in [0.2, 0.25) is 0 Å². The molecule has 0 radical (unpaired) electrons. The third-order valence-electron chi connectivity index (χ3n) is 1.94. The van der Waals surface area contributed by atoms with Crippen LogP contribution in [0.5, 0.6) is 0 Å². The first-order valence-corrected chi connectivity index (χ1v) is 4.90. The number of rotatable bonds is 6. The van der Waals surface area contributed by atoms with E-state index in [1.165, 1.54) is 0 Å². The van der Waals surface area contributed by atoms with Crippen molar-refractivity contribution in [2.75, 3.05) is 19.8 Å². The molecule has 0 bridgehead atoms. The molecule has 0 saturated carbocycles. The van der Waals surface area contributed by atoms with Crippen LogP contribution in [0.15, 0.2) is 24.3 Å². The van der Waals surface area contributed by atoms with Gasteiger partial charge in [0.25, 0.3) is 0 Å². The number of hydrogen-bond donors (Lipinski definition) is 0. The van der Waals surface area contributed by atoms with Crippen molar-refractivity contribution < 1.29 is 23.8 Å². The van der Waals surface area contributed by atoms with Gasteiger partial charge in [-0.3, -0.25) is 0 Å². The summed E-state index contributed by atoms with van der Waals surface area (Å²) in [6, 6.07) is 0. The van der Waals surface area contributed by atoms with Gasteiger partial charge in [-0.05, 0) is 6.92 Å². The SMILES string of the molecule is C=C(C(=C)C(=O)OCC1CO1)C(=O)OCC. The maximum absolute atomic E-state index is 11.4. The Bertz CT molecular complexity index is 327. The largest absolute Gasteiger partial charge is 0.462 e. The Hall–Kier alpha value is -1.62. The molecule has 5 heteroatoms. The molecule has 0 spiro atoms. The average molecular weight is 226 g/mol. The zero-order chi connectivity index (χ0) is 12.1. The van der Waals surface area contributed by atoms with Crippen LogP contribution in [0.25, 0.3) is 0 Å². The van der Waals surface area contributed by atoms with Crippen molar-refractivity contribution in [1.82, 2.24) is 0 Å². The van der Waals surface area contributed by atoms with Gasteiger partial charge in [-0.2, -0.15) is 0 Å². The van der Waals surface area contributed by atoms with E-state index >= 15 is 0 Å². The highest BCUT2D eigenvalue weighted by atomic mass is 16.6. The summed E-state index contributed by atoms with van der Waals surface area (Å²) >= 11 is 0. The highest BCUT2D eigenvalue weighted by molar-refractivity contribution is 6.06. The molecule has 0 N–H and O–H groups in total. The number of hydrogen-bond acceptors (Lipinski definition) is 5. The second-order valence-corrected chi connectivity index (χ2v) is 3.23. The lowest BCUT2D eigenvalue weighted by molar-refractivity contribution is -0.142. The first kappa shape index (κ1) is 12.4. The topological polar surface area (TPSA) is 65.1 Å². The normalized spacial score (nSPS) is 17.4. The summed E-state index contributed by atoms with van der Waals surface area (Å²) in [7, 11) is 0. The van der Waals surface area contributed by atoms with E-state index in [1.807, 2.05) is 0 Å². The first-order chi connectivity index (χ1) is 7.56. The molecule has 88 valence electrons. The van der Waals surface area contributed by atoms with E-state index in [2.05, 4.69) is 17.9 Å². The lowest BCUT2D eigenvalue weighted by Crippen LogP contribution is -2.17. The standard InChI is InChI=1S/C11H14O5/c1-4-14-10(12)7(2)8(3)11(13)16-6-9-5-15-9/h9H,2-6H2,1H3. The van der Waals surface area contributed by atoms with E-state index in [9.17, 15) is 9.59 Å². The Kier molecular flexibility index (Phi) is 4.25. The van der Waals surface area contributed by atoms with Crippen LogP contribution < -0.4 is 0 Å². The maximum atomic E-state index is 11.4. The Balaban J connectivity index is 2.38. The summed E-state index contributed by atoms with van der Waals surface area (Å²) in [5.41, 5.74) is -0.164. The number of epoxide rings is 1. The summed E-state index contributed by atoms with van der Waals surface area (Å²) in [6.45, 7) is 9.52. The van der Waals surface area contributed by atoms with E-state index < -0.39 is 11.9 Å². The van der Waals surface area contributed by atoms with E-state index in [4.69, 9.17) is 9.47 Å². The van der Waals surface area contributed by atoms with Crippen molar-refractivity contribution >= 4 is 11.9 Å². The third kappa shape index (κ3) is 3.51. The zero-order valence-electron chi connectivity index (χ0n) is 9.15. The van der Waals surface area contributed by atoms with Crippen molar-refractivity contribution in [3.63, 3.8) is 0 Å². The highest BCUT2D eigenvalue weighted by Gasteiger charge is 2.26. The summed E-state index contributed by atoms with van der Waals surface area (Å²) in [5.74, 6) is -1.33. The van der Waals surface area contributed by atoms with E-state index in [1.54, 1.807) is 6.92 Å². The van der Waals surface area contributed by atoms with Crippen molar-refractivity contribution in [2.45, 2.75) is 13.0 Å². The fraction of sp³-hybridized carbons (Fsp3) is 0.455. The summed E-state index contributed by atoms with van der Waals surface area (Å²) in [5, 5.41) is 0. The maximum Gasteiger partial charge on any atom is 0.338 e. The van der Waals surface area contributed by atoms with E-state index in [0.717, 1.165) is 0 Å². The lowest BCUT2D eigenvalue weighted by Gasteiger charge is -2.07. The minimum absolute atomic E-state index is 0.0207. The highest BCUT2D eigenvalue weighted by Crippen LogP contribution is 2.13. The Labute approximate surface area is 93.7 Å². The molecule has 1 aliphatic rings. The number of carbonyl (C=O) groups is 2. The molecule has 5 nitrogen and oxygen atoms in total. The van der Waals surface area contributed by atoms with Gasteiger partial charge in [-0.25, -0.2) is 9.59 Å². The molecule has 1 atom stereocenters. The second-order valence-electron chi connectivity index (χ2n) is 3.23. The predicted octanol–water partition coefficient (Wildman–Crippen LogP) is 0.604. The molecule has 1 saturated heterocycles. The summed E-state index contributed by atoms with van der Waals surface area (Å²) < 4.78 is 14.4. The summed E-state index contributed by atoms with van der Waals surface area (Å²) in [4.78, 5) is 22.6. The Morgan fingerprint density at radius 2 is 1.75 bits per heavy atom. The predicted molar refractivity (Wildman–Crippen MR) is 55.6 cm³/mol. The van der Waals surface area contributed by atoms with Gasteiger partial charge in [0.1, 0.15) is 12.7 Å². The second kappa shape index (κ2) is 5.46. The Morgan fingerprint density at radius 3 is 2.19 bits per heavy atom. The molecule has 0 aromatic carbocycles. The molecule has 0 amide bonds. The molecule has 0 aromatic rings. The monoisotopic (exact) mass is 226 g/mol. The Morgan fingerprint density at radius 1 is 1.25 bits per heavy atom. The minimum Gasteiger partial charge on any atom is -0.462 e. The molecular formula is C11H14O5. The summed E-state index contributed by atoms with van der Waals surface area (Å²) in [6.07, 6.45) is -0.0207.